The van der Waals surface area contributed by atoms with E-state index < -0.39 is 23.9 Å². The van der Waals surface area contributed by atoms with Crippen molar-refractivity contribution in [2.45, 2.75) is 26.4 Å². The van der Waals surface area contributed by atoms with Crippen LogP contribution in [0.25, 0.3) is 11.3 Å². The van der Waals surface area contributed by atoms with E-state index in [0.29, 0.717) is 17.7 Å². The van der Waals surface area contributed by atoms with Crippen LogP contribution in [0.4, 0.5) is 43.8 Å². The number of benzene rings is 2. The number of hydrogen-bond acceptors (Lipinski definition) is 5. The maximum atomic E-state index is 13.1. The van der Waals surface area contributed by atoms with Crippen molar-refractivity contribution in [1.29, 1.82) is 0 Å². The number of aromatic nitrogens is 2. The van der Waals surface area contributed by atoms with E-state index in [1.165, 1.54) is 24.3 Å². The van der Waals surface area contributed by atoms with Gasteiger partial charge in [0, 0.05) is 23.9 Å². The molecule has 2 N–H and O–H groups in total. The molecule has 1 aromatic heterocycles. The van der Waals surface area contributed by atoms with Crippen LogP contribution in [0.2, 0.25) is 0 Å². The first-order valence-electron chi connectivity index (χ1n) is 9.38. The fraction of sp³-hybridized carbons (Fsp3) is 0.238. The van der Waals surface area contributed by atoms with Crippen molar-refractivity contribution >= 4 is 17.5 Å². The molecular weight excluding hydrogens is 438 g/mol. The number of rotatable bonds is 6. The van der Waals surface area contributed by atoms with Crippen LogP contribution in [0.15, 0.2) is 48.5 Å². The average molecular weight is 456 g/mol. The minimum absolute atomic E-state index is 0.152. The molecule has 0 aliphatic carbocycles. The van der Waals surface area contributed by atoms with Gasteiger partial charge in [-0.15, -0.1) is 13.2 Å². The summed E-state index contributed by atoms with van der Waals surface area (Å²) >= 11 is 0. The Labute approximate surface area is 179 Å². The molecule has 0 amide bonds. The van der Waals surface area contributed by atoms with E-state index in [0.717, 1.165) is 24.3 Å². The van der Waals surface area contributed by atoms with Crippen LogP contribution in [0.5, 0.6) is 5.75 Å². The van der Waals surface area contributed by atoms with Crippen molar-refractivity contribution in [3.05, 3.63) is 59.7 Å². The van der Waals surface area contributed by atoms with Gasteiger partial charge in [0.15, 0.2) is 0 Å². The van der Waals surface area contributed by atoms with Gasteiger partial charge in [-0.2, -0.15) is 18.2 Å². The standard InChI is InChI=1S/C21H18F6N4O/c1-3-28-19-30-17(13-5-4-6-15(9-13)32-21(25,26)27)11-18(31-19)29-16-10-14(20(22,23)24)8-7-12(16)2/h4-11H,3H2,1-2H3,(H2,28,29,30,31). The summed E-state index contributed by atoms with van der Waals surface area (Å²) in [4.78, 5) is 8.51. The number of halogens is 6. The van der Waals surface area contributed by atoms with Crippen LogP contribution in [-0.2, 0) is 6.18 Å². The lowest BCUT2D eigenvalue weighted by Gasteiger charge is -2.15. The second-order valence-corrected chi connectivity index (χ2v) is 6.72. The second-order valence-electron chi connectivity index (χ2n) is 6.72. The number of aryl methyl sites for hydroxylation is 1. The molecule has 3 aromatic rings. The van der Waals surface area contributed by atoms with Gasteiger partial charge in [0.05, 0.1) is 11.3 Å². The van der Waals surface area contributed by atoms with E-state index in [2.05, 4.69) is 25.3 Å². The molecule has 0 fully saturated rings. The third kappa shape index (κ3) is 6.02. The maximum Gasteiger partial charge on any atom is 0.573 e. The zero-order valence-electron chi connectivity index (χ0n) is 16.9. The first kappa shape index (κ1) is 23.2. The van der Waals surface area contributed by atoms with E-state index in [4.69, 9.17) is 0 Å². The molecule has 3 rings (SSSR count). The van der Waals surface area contributed by atoms with Crippen LogP contribution in [-0.4, -0.2) is 22.9 Å². The Morgan fingerprint density at radius 2 is 1.69 bits per heavy atom. The molecule has 1 heterocycles. The van der Waals surface area contributed by atoms with Gasteiger partial charge in [-0.25, -0.2) is 4.98 Å². The zero-order valence-corrected chi connectivity index (χ0v) is 16.9. The molecule has 0 saturated carbocycles. The van der Waals surface area contributed by atoms with E-state index in [9.17, 15) is 26.3 Å². The number of nitrogens with zero attached hydrogens (tertiary/aromatic N) is 2. The monoisotopic (exact) mass is 456 g/mol. The summed E-state index contributed by atoms with van der Waals surface area (Å²) in [7, 11) is 0. The largest absolute Gasteiger partial charge is 0.573 e. The SMILES string of the molecule is CCNc1nc(Nc2cc(C(F)(F)F)ccc2C)cc(-c2cccc(OC(F)(F)F)c2)n1. The third-order valence-electron chi connectivity index (χ3n) is 4.25. The maximum absolute atomic E-state index is 13.1. The van der Waals surface area contributed by atoms with Crippen molar-refractivity contribution in [2.75, 3.05) is 17.2 Å². The van der Waals surface area contributed by atoms with Gasteiger partial charge >= 0.3 is 12.5 Å². The molecule has 170 valence electrons. The highest BCUT2D eigenvalue weighted by Crippen LogP contribution is 2.34. The van der Waals surface area contributed by atoms with Gasteiger partial charge in [-0.05, 0) is 43.7 Å². The first-order valence-corrected chi connectivity index (χ1v) is 9.38. The molecule has 0 bridgehead atoms. The predicted octanol–water partition coefficient (Wildman–Crippen LogP) is 6.54. The second kappa shape index (κ2) is 8.93. The minimum Gasteiger partial charge on any atom is -0.406 e. The van der Waals surface area contributed by atoms with Crippen LogP contribution in [0, 0.1) is 6.92 Å². The summed E-state index contributed by atoms with van der Waals surface area (Å²) in [6.07, 6.45) is -9.37. The number of anilines is 3. The van der Waals surface area contributed by atoms with Crippen LogP contribution < -0.4 is 15.4 Å². The molecule has 0 aliphatic rings. The summed E-state index contributed by atoms with van der Waals surface area (Å²) < 4.78 is 80.9. The third-order valence-corrected chi connectivity index (χ3v) is 4.25. The summed E-state index contributed by atoms with van der Waals surface area (Å²) in [6.45, 7) is 3.87. The molecule has 0 aliphatic heterocycles. The summed E-state index contributed by atoms with van der Waals surface area (Å²) in [5.74, 6) is -0.114. The van der Waals surface area contributed by atoms with Crippen molar-refractivity contribution in [2.24, 2.45) is 0 Å². The molecule has 0 spiro atoms. The lowest BCUT2D eigenvalue weighted by atomic mass is 10.1. The average Bonchev–Trinajstić information content (AvgIpc) is 2.68. The molecule has 32 heavy (non-hydrogen) atoms. The van der Waals surface area contributed by atoms with E-state index in [-0.39, 0.29) is 23.1 Å². The summed E-state index contributed by atoms with van der Waals surface area (Å²) in [6, 6.07) is 9.89. The van der Waals surface area contributed by atoms with Crippen LogP contribution in [0.3, 0.4) is 0 Å². The number of ether oxygens (including phenoxy) is 1. The Balaban J connectivity index is 2.00. The fourth-order valence-corrected chi connectivity index (χ4v) is 2.82. The summed E-state index contributed by atoms with van der Waals surface area (Å²) in [5, 5.41) is 5.74. The Bertz CT molecular complexity index is 1100. The molecule has 2 aromatic carbocycles. The smallest absolute Gasteiger partial charge is 0.406 e. The first-order chi connectivity index (χ1) is 14.9. The predicted molar refractivity (Wildman–Crippen MR) is 108 cm³/mol. The Kier molecular flexibility index (Phi) is 6.47. The van der Waals surface area contributed by atoms with Gasteiger partial charge in [0.1, 0.15) is 11.6 Å². The van der Waals surface area contributed by atoms with Gasteiger partial charge in [0.2, 0.25) is 5.95 Å². The quantitative estimate of drug-likeness (QED) is 0.412. The van der Waals surface area contributed by atoms with Crippen LogP contribution in [0.1, 0.15) is 18.1 Å². The van der Waals surface area contributed by atoms with Crippen molar-refractivity contribution in [3.63, 3.8) is 0 Å². The normalized spacial score (nSPS) is 11.9. The fourth-order valence-electron chi connectivity index (χ4n) is 2.82. The van der Waals surface area contributed by atoms with Crippen LogP contribution >= 0.6 is 0 Å². The Morgan fingerprint density at radius 3 is 2.34 bits per heavy atom. The van der Waals surface area contributed by atoms with Crippen molar-refractivity contribution in [1.82, 2.24) is 9.97 Å². The number of hydrogen-bond donors (Lipinski definition) is 2. The lowest BCUT2D eigenvalue weighted by molar-refractivity contribution is -0.274. The molecule has 0 radical (unpaired) electrons. The van der Waals surface area contributed by atoms with Gasteiger partial charge < -0.3 is 15.4 Å². The highest BCUT2D eigenvalue weighted by atomic mass is 19.4. The minimum atomic E-state index is -4.85. The lowest BCUT2D eigenvalue weighted by Crippen LogP contribution is -2.17. The molecule has 0 atom stereocenters. The zero-order chi connectivity index (χ0) is 23.5. The highest BCUT2D eigenvalue weighted by Gasteiger charge is 2.32. The van der Waals surface area contributed by atoms with Crippen molar-refractivity contribution < 1.29 is 31.1 Å². The van der Waals surface area contributed by atoms with Crippen molar-refractivity contribution in [3.8, 4) is 17.0 Å². The number of nitrogens with one attached hydrogen (secondary N) is 2. The van der Waals surface area contributed by atoms with Gasteiger partial charge in [-0.3, -0.25) is 0 Å². The van der Waals surface area contributed by atoms with E-state index >= 15 is 0 Å². The molecule has 0 saturated heterocycles. The Morgan fingerprint density at radius 1 is 0.938 bits per heavy atom. The Hall–Kier alpha value is -3.50. The number of alkyl halides is 6. The van der Waals surface area contributed by atoms with E-state index in [1.54, 1.807) is 13.8 Å². The van der Waals surface area contributed by atoms with Gasteiger partial charge in [-0.1, -0.05) is 18.2 Å². The van der Waals surface area contributed by atoms with E-state index in [1.807, 2.05) is 0 Å². The molecule has 11 heteroatoms. The molecular formula is C21H18F6N4O. The topological polar surface area (TPSA) is 59.1 Å². The van der Waals surface area contributed by atoms with Gasteiger partial charge in [0.25, 0.3) is 0 Å². The molecule has 0 unspecified atom stereocenters. The highest BCUT2D eigenvalue weighted by molar-refractivity contribution is 5.69. The summed E-state index contributed by atoms with van der Waals surface area (Å²) in [5.41, 5.74) is 0.446. The molecule has 5 nitrogen and oxygen atoms in total.